The second kappa shape index (κ2) is 6.04. The third kappa shape index (κ3) is 3.11. The van der Waals surface area contributed by atoms with Gasteiger partial charge in [0.25, 0.3) is 5.91 Å². The van der Waals surface area contributed by atoms with E-state index in [4.69, 9.17) is 9.84 Å². The van der Waals surface area contributed by atoms with Crippen LogP contribution in [0, 0.1) is 11.7 Å². The van der Waals surface area contributed by atoms with Gasteiger partial charge in [-0.2, -0.15) is 0 Å². The molecule has 1 unspecified atom stereocenters. The molecular weight excluding hydrogens is 289 g/mol. The zero-order chi connectivity index (χ0) is 15.7. The second-order valence-corrected chi connectivity index (χ2v) is 5.92. The Balaban J connectivity index is 1.79. The van der Waals surface area contributed by atoms with Crippen molar-refractivity contribution in [3.05, 3.63) is 35.1 Å². The van der Waals surface area contributed by atoms with E-state index in [0.717, 1.165) is 25.3 Å². The van der Waals surface area contributed by atoms with Crippen molar-refractivity contribution in [2.75, 3.05) is 19.8 Å². The number of carboxylic acid groups (broad SMARTS) is 1. The molecule has 1 aromatic rings. The molecule has 22 heavy (non-hydrogen) atoms. The molecule has 1 saturated carbocycles. The SMILES string of the molecule is O=C(O)c1ccc(C(=O)N(CC2CCOC2)C2CC2)c(F)c1. The Hall–Kier alpha value is -1.95. The summed E-state index contributed by atoms with van der Waals surface area (Å²) in [5.41, 5.74) is -0.216. The van der Waals surface area contributed by atoms with E-state index in [-0.39, 0.29) is 23.1 Å². The molecule has 118 valence electrons. The van der Waals surface area contributed by atoms with E-state index in [1.807, 2.05) is 0 Å². The van der Waals surface area contributed by atoms with Crippen molar-refractivity contribution < 1.29 is 23.8 Å². The van der Waals surface area contributed by atoms with Crippen LogP contribution >= 0.6 is 0 Å². The molecule has 2 fully saturated rings. The zero-order valence-electron chi connectivity index (χ0n) is 12.1. The maximum absolute atomic E-state index is 14.1. The first kappa shape index (κ1) is 15.0. The van der Waals surface area contributed by atoms with Crippen molar-refractivity contribution in [1.29, 1.82) is 0 Å². The van der Waals surface area contributed by atoms with Crippen molar-refractivity contribution in [3.63, 3.8) is 0 Å². The van der Waals surface area contributed by atoms with Gasteiger partial charge in [-0.05, 0) is 37.5 Å². The van der Waals surface area contributed by atoms with Crippen LogP contribution in [0.1, 0.15) is 40.0 Å². The fourth-order valence-corrected chi connectivity index (χ4v) is 2.77. The molecule has 6 heteroatoms. The van der Waals surface area contributed by atoms with Gasteiger partial charge in [0, 0.05) is 25.1 Å². The molecule has 2 aliphatic rings. The maximum Gasteiger partial charge on any atom is 0.335 e. The predicted molar refractivity (Wildman–Crippen MR) is 76.3 cm³/mol. The largest absolute Gasteiger partial charge is 0.478 e. The minimum absolute atomic E-state index is 0.0594. The first-order chi connectivity index (χ1) is 10.6. The lowest BCUT2D eigenvalue weighted by molar-refractivity contribution is 0.0683. The van der Waals surface area contributed by atoms with Gasteiger partial charge >= 0.3 is 5.97 Å². The van der Waals surface area contributed by atoms with Gasteiger partial charge in [0.05, 0.1) is 17.7 Å². The lowest BCUT2D eigenvalue weighted by Gasteiger charge is -2.25. The lowest BCUT2D eigenvalue weighted by Crippen LogP contribution is -2.38. The van der Waals surface area contributed by atoms with E-state index in [0.29, 0.717) is 25.7 Å². The summed E-state index contributed by atoms with van der Waals surface area (Å²) in [6.07, 6.45) is 2.79. The number of carboxylic acids is 1. The summed E-state index contributed by atoms with van der Waals surface area (Å²) in [6.45, 7) is 1.92. The van der Waals surface area contributed by atoms with Crippen LogP contribution in [-0.4, -0.2) is 47.7 Å². The number of carbonyl (C=O) groups excluding carboxylic acids is 1. The van der Waals surface area contributed by atoms with Gasteiger partial charge in [-0.15, -0.1) is 0 Å². The van der Waals surface area contributed by atoms with Gasteiger partial charge in [-0.25, -0.2) is 9.18 Å². The Morgan fingerprint density at radius 2 is 2.09 bits per heavy atom. The summed E-state index contributed by atoms with van der Waals surface area (Å²) in [5.74, 6) is -2.05. The number of carbonyl (C=O) groups is 2. The van der Waals surface area contributed by atoms with Crippen LogP contribution < -0.4 is 0 Å². The normalized spacial score (nSPS) is 20.9. The molecule has 1 aliphatic carbocycles. The Morgan fingerprint density at radius 3 is 2.64 bits per heavy atom. The van der Waals surface area contributed by atoms with Gasteiger partial charge in [-0.3, -0.25) is 4.79 Å². The van der Waals surface area contributed by atoms with Crippen LogP contribution in [0.15, 0.2) is 18.2 Å². The lowest BCUT2D eigenvalue weighted by atomic mass is 10.1. The topological polar surface area (TPSA) is 66.8 Å². The molecule has 1 aliphatic heterocycles. The van der Waals surface area contributed by atoms with Crippen molar-refractivity contribution in [1.82, 2.24) is 4.90 Å². The number of aromatic carboxylic acids is 1. The number of ether oxygens (including phenoxy) is 1. The number of amides is 1. The summed E-state index contributed by atoms with van der Waals surface area (Å²) < 4.78 is 19.4. The molecule has 1 saturated heterocycles. The highest BCUT2D eigenvalue weighted by molar-refractivity contribution is 5.96. The Morgan fingerprint density at radius 1 is 1.32 bits per heavy atom. The van der Waals surface area contributed by atoms with Gasteiger partial charge in [0.15, 0.2) is 0 Å². The first-order valence-electron chi connectivity index (χ1n) is 7.48. The highest BCUT2D eigenvalue weighted by Crippen LogP contribution is 2.30. The molecule has 1 N–H and O–H groups in total. The third-order valence-corrected chi connectivity index (χ3v) is 4.17. The van der Waals surface area contributed by atoms with Crippen LogP contribution in [-0.2, 0) is 4.74 Å². The number of halogens is 1. The van der Waals surface area contributed by atoms with Crippen LogP contribution in [0.2, 0.25) is 0 Å². The van der Waals surface area contributed by atoms with E-state index in [1.54, 1.807) is 4.90 Å². The Bertz CT molecular complexity index is 594. The van der Waals surface area contributed by atoms with Gasteiger partial charge in [-0.1, -0.05) is 0 Å². The number of hydrogen-bond acceptors (Lipinski definition) is 3. The fraction of sp³-hybridized carbons (Fsp3) is 0.500. The number of hydrogen-bond donors (Lipinski definition) is 1. The minimum Gasteiger partial charge on any atom is -0.478 e. The smallest absolute Gasteiger partial charge is 0.335 e. The van der Waals surface area contributed by atoms with Gasteiger partial charge in [0.1, 0.15) is 5.82 Å². The van der Waals surface area contributed by atoms with E-state index < -0.39 is 11.8 Å². The van der Waals surface area contributed by atoms with Crippen LogP contribution in [0.3, 0.4) is 0 Å². The monoisotopic (exact) mass is 307 g/mol. The van der Waals surface area contributed by atoms with E-state index in [1.165, 1.54) is 12.1 Å². The summed E-state index contributed by atoms with van der Waals surface area (Å²) in [6, 6.07) is 3.61. The molecular formula is C16H18FNO4. The van der Waals surface area contributed by atoms with Crippen LogP contribution in [0.25, 0.3) is 0 Å². The summed E-state index contributed by atoms with van der Waals surface area (Å²) in [4.78, 5) is 25.2. The molecule has 3 rings (SSSR count). The molecule has 1 heterocycles. The highest BCUT2D eigenvalue weighted by Gasteiger charge is 2.36. The molecule has 0 aromatic heterocycles. The maximum atomic E-state index is 14.1. The van der Waals surface area contributed by atoms with Crippen molar-refractivity contribution in [2.45, 2.75) is 25.3 Å². The standard InChI is InChI=1S/C16H18FNO4/c17-14-7-11(16(20)21)1-4-13(14)15(19)18(12-2-3-12)8-10-5-6-22-9-10/h1,4,7,10,12H,2-3,5-6,8-9H2,(H,20,21). The fourth-order valence-electron chi connectivity index (χ4n) is 2.77. The predicted octanol–water partition coefficient (Wildman–Crippen LogP) is 2.17. The summed E-state index contributed by atoms with van der Waals surface area (Å²) >= 11 is 0. The molecule has 1 atom stereocenters. The van der Waals surface area contributed by atoms with E-state index in [2.05, 4.69) is 0 Å². The summed E-state index contributed by atoms with van der Waals surface area (Å²) in [5, 5.41) is 8.86. The van der Waals surface area contributed by atoms with E-state index in [9.17, 15) is 14.0 Å². The highest BCUT2D eigenvalue weighted by atomic mass is 19.1. The molecule has 0 bridgehead atoms. The Kier molecular flexibility index (Phi) is 4.11. The van der Waals surface area contributed by atoms with Crippen molar-refractivity contribution in [3.8, 4) is 0 Å². The molecule has 1 amide bonds. The van der Waals surface area contributed by atoms with E-state index >= 15 is 0 Å². The number of benzene rings is 1. The molecule has 1 aromatic carbocycles. The average molecular weight is 307 g/mol. The minimum atomic E-state index is -1.21. The van der Waals surface area contributed by atoms with Crippen molar-refractivity contribution >= 4 is 11.9 Å². The average Bonchev–Trinajstić information content (AvgIpc) is 3.20. The molecule has 0 radical (unpaired) electrons. The molecule has 5 nitrogen and oxygen atoms in total. The van der Waals surface area contributed by atoms with Crippen LogP contribution in [0.4, 0.5) is 4.39 Å². The zero-order valence-corrected chi connectivity index (χ0v) is 12.1. The van der Waals surface area contributed by atoms with Crippen molar-refractivity contribution in [2.24, 2.45) is 5.92 Å². The number of rotatable bonds is 5. The Labute approximate surface area is 127 Å². The molecule has 0 spiro atoms. The van der Waals surface area contributed by atoms with Gasteiger partial charge in [0.2, 0.25) is 0 Å². The first-order valence-corrected chi connectivity index (χ1v) is 7.48. The van der Waals surface area contributed by atoms with Gasteiger partial charge < -0.3 is 14.7 Å². The summed E-state index contributed by atoms with van der Waals surface area (Å²) in [7, 11) is 0. The third-order valence-electron chi connectivity index (χ3n) is 4.17. The second-order valence-electron chi connectivity index (χ2n) is 5.92. The quantitative estimate of drug-likeness (QED) is 0.905. The van der Waals surface area contributed by atoms with Crippen LogP contribution in [0.5, 0.6) is 0 Å². The number of nitrogens with zero attached hydrogens (tertiary/aromatic N) is 1.